The van der Waals surface area contributed by atoms with Crippen LogP contribution in [0.4, 0.5) is 22.7 Å². The van der Waals surface area contributed by atoms with Crippen LogP contribution in [0.2, 0.25) is 10.0 Å². The number of para-hydroxylation sites is 2. The van der Waals surface area contributed by atoms with E-state index in [1.165, 1.54) is 35.9 Å². The quantitative estimate of drug-likeness (QED) is 0.0963. The second kappa shape index (κ2) is 16.0. The van der Waals surface area contributed by atoms with Gasteiger partial charge in [0.05, 0.1) is 53.5 Å². The Kier molecular flexibility index (Phi) is 11.4. The molecule has 0 radical (unpaired) electrons. The third-order valence-electron chi connectivity index (χ3n) is 8.28. The minimum absolute atomic E-state index is 0.0233. The van der Waals surface area contributed by atoms with Crippen molar-refractivity contribution in [2.75, 3.05) is 28.9 Å². The molecule has 0 atom stereocenters. The molecule has 0 aliphatic carbocycles. The number of aromatic nitrogens is 2. The lowest BCUT2D eigenvalue weighted by Crippen LogP contribution is -2.33. The number of aliphatic imine (C=N–C) groups is 1. The first-order chi connectivity index (χ1) is 26.2. The second-order valence-electron chi connectivity index (χ2n) is 12.0. The van der Waals surface area contributed by atoms with E-state index in [1.54, 1.807) is 66.7 Å². The van der Waals surface area contributed by atoms with Crippen LogP contribution < -0.4 is 25.6 Å². The first-order valence-electron chi connectivity index (χ1n) is 16.6. The molecule has 1 amide bonds. The second-order valence-corrected chi connectivity index (χ2v) is 16.4. The Morgan fingerprint density at radius 2 is 1.44 bits per heavy atom. The van der Waals surface area contributed by atoms with Gasteiger partial charge in [0, 0.05) is 12.2 Å². The lowest BCUT2D eigenvalue weighted by molar-refractivity contribution is -0.110. The van der Waals surface area contributed by atoms with Crippen molar-refractivity contribution < 1.29 is 21.6 Å². The van der Waals surface area contributed by atoms with Crippen LogP contribution >= 0.6 is 23.2 Å². The highest BCUT2D eigenvalue weighted by molar-refractivity contribution is 7.92. The Balaban J connectivity index is 1.47. The number of hydrogen-bond donors (Lipinski definition) is 4. The van der Waals surface area contributed by atoms with E-state index >= 15 is 0 Å². The van der Waals surface area contributed by atoms with Crippen molar-refractivity contribution in [2.45, 2.75) is 23.6 Å². The largest absolute Gasteiger partial charge is 0.385 e. The van der Waals surface area contributed by atoms with Crippen molar-refractivity contribution in [3.8, 4) is 5.69 Å². The van der Waals surface area contributed by atoms with Crippen molar-refractivity contribution >= 4 is 88.5 Å². The van der Waals surface area contributed by atoms with Crippen molar-refractivity contribution in [3.63, 3.8) is 0 Å². The summed E-state index contributed by atoms with van der Waals surface area (Å²) in [5, 5.41) is 6.13. The van der Waals surface area contributed by atoms with Gasteiger partial charge in [-0.1, -0.05) is 53.5 Å². The summed E-state index contributed by atoms with van der Waals surface area (Å²) < 4.78 is 57.8. The monoisotopic (exact) mass is 817 g/mol. The molecular formula is C38H33Cl2N7O6S2. The molecule has 0 unspecified atom stereocenters. The van der Waals surface area contributed by atoms with Gasteiger partial charge in [0.15, 0.2) is 11.5 Å². The fourth-order valence-electron chi connectivity index (χ4n) is 5.55. The molecule has 5 aromatic carbocycles. The molecular weight excluding hydrogens is 786 g/mol. The SMILES string of the molecule is CCNc1ccc(/N=C(\C(=O)Nc2cc(S(=O)(=O)Nc3cc(S(=O)(=O)NC)ccc3Cl)ccc2Cl)c2nc3ccccc3c(=O)n2-c2ccccc2)c(C)c1. The number of sulfonamides is 2. The Morgan fingerprint density at radius 1 is 0.800 bits per heavy atom. The zero-order valence-electron chi connectivity index (χ0n) is 29.5. The van der Waals surface area contributed by atoms with Gasteiger partial charge in [-0.15, -0.1) is 0 Å². The number of anilines is 3. The Hall–Kier alpha value is -5.58. The minimum Gasteiger partial charge on any atom is -0.385 e. The van der Waals surface area contributed by atoms with Crippen LogP contribution in [0.3, 0.4) is 0 Å². The van der Waals surface area contributed by atoms with Gasteiger partial charge in [-0.25, -0.2) is 31.5 Å². The van der Waals surface area contributed by atoms with E-state index in [0.717, 1.165) is 17.8 Å². The van der Waals surface area contributed by atoms with Gasteiger partial charge in [0.2, 0.25) is 10.0 Å². The zero-order valence-corrected chi connectivity index (χ0v) is 32.6. The molecule has 4 N–H and O–H groups in total. The summed E-state index contributed by atoms with van der Waals surface area (Å²) in [6, 6.07) is 27.9. The van der Waals surface area contributed by atoms with Crippen LogP contribution in [0, 0.1) is 6.92 Å². The molecule has 6 rings (SSSR count). The van der Waals surface area contributed by atoms with Gasteiger partial charge in [-0.05, 0) is 105 Å². The summed E-state index contributed by atoms with van der Waals surface area (Å²) in [5.74, 6) is -0.949. The summed E-state index contributed by atoms with van der Waals surface area (Å²) in [7, 11) is -7.16. The van der Waals surface area contributed by atoms with E-state index in [1.807, 2.05) is 19.9 Å². The molecule has 55 heavy (non-hydrogen) atoms. The summed E-state index contributed by atoms with van der Waals surface area (Å²) in [4.78, 5) is 37.6. The molecule has 0 saturated heterocycles. The Morgan fingerprint density at radius 3 is 2.11 bits per heavy atom. The third-order valence-corrected chi connectivity index (χ3v) is 11.7. The average Bonchev–Trinajstić information content (AvgIpc) is 3.16. The number of aryl methyl sites for hydroxylation is 1. The Labute approximate surface area is 327 Å². The number of carbonyl (C=O) groups excluding carboxylic acids is 1. The Bertz CT molecular complexity index is 2780. The van der Waals surface area contributed by atoms with Gasteiger partial charge in [-0.2, -0.15) is 0 Å². The van der Waals surface area contributed by atoms with Crippen LogP contribution in [0.1, 0.15) is 18.3 Å². The van der Waals surface area contributed by atoms with E-state index < -0.39 is 31.5 Å². The predicted molar refractivity (Wildman–Crippen MR) is 217 cm³/mol. The molecule has 0 aliphatic rings. The average molecular weight is 819 g/mol. The summed E-state index contributed by atoms with van der Waals surface area (Å²) >= 11 is 12.8. The molecule has 17 heteroatoms. The maximum atomic E-state index is 14.5. The maximum Gasteiger partial charge on any atom is 0.278 e. The summed E-state index contributed by atoms with van der Waals surface area (Å²) in [5.41, 5.74) is 1.64. The smallest absolute Gasteiger partial charge is 0.278 e. The molecule has 1 heterocycles. The van der Waals surface area contributed by atoms with Crippen molar-refractivity contribution in [2.24, 2.45) is 4.99 Å². The number of hydrogen-bond acceptors (Lipinski definition) is 9. The van der Waals surface area contributed by atoms with Crippen LogP contribution in [-0.4, -0.2) is 51.6 Å². The van der Waals surface area contributed by atoms with E-state index in [4.69, 9.17) is 33.2 Å². The first-order valence-corrected chi connectivity index (χ1v) is 20.3. The van der Waals surface area contributed by atoms with Gasteiger partial charge in [-0.3, -0.25) is 18.9 Å². The molecule has 0 aliphatic heterocycles. The van der Waals surface area contributed by atoms with Crippen molar-refractivity contribution in [1.82, 2.24) is 14.3 Å². The number of rotatable bonds is 12. The predicted octanol–water partition coefficient (Wildman–Crippen LogP) is 6.90. The highest BCUT2D eigenvalue weighted by atomic mass is 35.5. The molecule has 0 fully saturated rings. The van der Waals surface area contributed by atoms with Crippen molar-refractivity contribution in [3.05, 3.63) is 141 Å². The van der Waals surface area contributed by atoms with E-state index in [-0.39, 0.29) is 42.7 Å². The van der Waals surface area contributed by atoms with Gasteiger partial charge < -0.3 is 10.6 Å². The fraction of sp³-hybridized carbons (Fsp3) is 0.105. The molecule has 13 nitrogen and oxygen atoms in total. The standard InChI is InChI=1S/C38H33Cl2N7O6S2/c1-4-42-24-14-19-31(23(2)20-24)43-35(36-44-32-13-9-8-12-28(32)38(49)47(36)25-10-6-5-7-11-25)37(48)45-33-21-27(16-17-29(33)39)55(52,53)46-34-22-26(15-18-30(34)40)54(50,51)41-3/h5-22,41-42,46H,4H2,1-3H3,(H,45,48)/b43-35-. The third kappa shape index (κ3) is 8.40. The number of halogens is 2. The minimum atomic E-state index is -4.44. The van der Waals surface area contributed by atoms with E-state index in [9.17, 15) is 26.4 Å². The van der Waals surface area contributed by atoms with Gasteiger partial charge >= 0.3 is 0 Å². The van der Waals surface area contributed by atoms with Crippen LogP contribution in [0.15, 0.2) is 129 Å². The molecule has 6 aromatic rings. The zero-order chi connectivity index (χ0) is 39.5. The number of nitrogens with one attached hydrogen (secondary N) is 4. The molecule has 0 bridgehead atoms. The highest BCUT2D eigenvalue weighted by Crippen LogP contribution is 2.31. The van der Waals surface area contributed by atoms with Crippen LogP contribution in [-0.2, 0) is 24.8 Å². The van der Waals surface area contributed by atoms with Gasteiger partial charge in [0.25, 0.3) is 21.5 Å². The van der Waals surface area contributed by atoms with E-state index in [2.05, 4.69) is 20.1 Å². The molecule has 1 aromatic heterocycles. The maximum absolute atomic E-state index is 14.5. The number of amides is 1. The lowest BCUT2D eigenvalue weighted by Gasteiger charge is -2.17. The molecule has 0 saturated carbocycles. The summed E-state index contributed by atoms with van der Waals surface area (Å²) in [6.45, 7) is 4.47. The topological polar surface area (TPSA) is 181 Å². The lowest BCUT2D eigenvalue weighted by atomic mass is 10.1. The fourth-order valence-corrected chi connectivity index (χ4v) is 7.78. The number of fused-ring (bicyclic) bond motifs is 1. The molecule has 282 valence electrons. The van der Waals surface area contributed by atoms with Crippen LogP contribution in [0.25, 0.3) is 16.6 Å². The number of nitrogens with zero attached hydrogens (tertiary/aromatic N) is 3. The summed E-state index contributed by atoms with van der Waals surface area (Å²) in [6.07, 6.45) is 0. The van der Waals surface area contributed by atoms with Crippen LogP contribution in [0.5, 0.6) is 0 Å². The van der Waals surface area contributed by atoms with Crippen molar-refractivity contribution in [1.29, 1.82) is 0 Å². The number of benzene rings is 5. The van der Waals surface area contributed by atoms with E-state index in [0.29, 0.717) is 34.4 Å². The highest BCUT2D eigenvalue weighted by Gasteiger charge is 2.26. The normalized spacial score (nSPS) is 12.1. The van der Waals surface area contributed by atoms with Gasteiger partial charge in [0.1, 0.15) is 0 Å². The molecule has 0 spiro atoms. The first kappa shape index (κ1) is 39.1. The number of carbonyl (C=O) groups is 1.